The summed E-state index contributed by atoms with van der Waals surface area (Å²) in [7, 11) is 0. The summed E-state index contributed by atoms with van der Waals surface area (Å²) < 4.78 is 0. The number of nitrogens with one attached hydrogen (secondary N) is 1. The van der Waals surface area contributed by atoms with Gasteiger partial charge in [-0.05, 0) is 18.2 Å². The molecule has 15 heavy (non-hydrogen) atoms. The van der Waals surface area contributed by atoms with E-state index < -0.39 is 0 Å². The van der Waals surface area contributed by atoms with Gasteiger partial charge in [0.1, 0.15) is 0 Å². The van der Waals surface area contributed by atoms with Crippen LogP contribution >= 0.6 is 34.8 Å². The lowest BCUT2D eigenvalue weighted by atomic mass is 10.2. The lowest BCUT2D eigenvalue weighted by Gasteiger charge is -2.04. The summed E-state index contributed by atoms with van der Waals surface area (Å²) in [4.78, 5) is 11.5. The zero-order valence-electron chi connectivity index (χ0n) is 7.69. The second-order valence-electron chi connectivity index (χ2n) is 2.83. The first-order valence-corrected chi connectivity index (χ1v) is 5.20. The van der Waals surface area contributed by atoms with E-state index in [0.717, 1.165) is 0 Å². The molecule has 0 saturated carbocycles. The molecule has 1 rings (SSSR count). The van der Waals surface area contributed by atoms with Gasteiger partial charge in [-0.2, -0.15) is 0 Å². The molecule has 0 unspecified atom stereocenters. The largest absolute Gasteiger partial charge is 0.347 e. The highest BCUT2D eigenvalue weighted by molar-refractivity contribution is 6.42. The van der Waals surface area contributed by atoms with Gasteiger partial charge in [-0.3, -0.25) is 4.79 Å². The smallest absolute Gasteiger partial charge is 0.251 e. The fourth-order valence-corrected chi connectivity index (χ4v) is 1.28. The van der Waals surface area contributed by atoms with E-state index in [1.54, 1.807) is 12.1 Å². The van der Waals surface area contributed by atoms with Crippen molar-refractivity contribution in [1.29, 1.82) is 0 Å². The van der Waals surface area contributed by atoms with Gasteiger partial charge in [-0.15, -0.1) is 0 Å². The Bertz CT molecular complexity index is 404. The van der Waals surface area contributed by atoms with Gasteiger partial charge in [0.25, 0.3) is 5.91 Å². The van der Waals surface area contributed by atoms with Crippen LogP contribution in [0.25, 0.3) is 0 Å². The molecule has 0 fully saturated rings. The Morgan fingerprint density at radius 2 is 2.00 bits per heavy atom. The summed E-state index contributed by atoms with van der Waals surface area (Å²) in [6.45, 7) is 3.68. The summed E-state index contributed by atoms with van der Waals surface area (Å²) in [6.07, 6.45) is 0. The molecular formula is C10H8Cl3NO. The quantitative estimate of drug-likeness (QED) is 0.890. The molecule has 0 aromatic heterocycles. The van der Waals surface area contributed by atoms with E-state index in [9.17, 15) is 4.79 Å². The molecule has 2 nitrogen and oxygen atoms in total. The van der Waals surface area contributed by atoms with E-state index >= 15 is 0 Å². The first-order valence-electron chi connectivity index (χ1n) is 4.07. The summed E-state index contributed by atoms with van der Waals surface area (Å²) in [5.74, 6) is -0.268. The summed E-state index contributed by atoms with van der Waals surface area (Å²) >= 11 is 17.0. The zero-order chi connectivity index (χ0) is 11.4. The highest BCUT2D eigenvalue weighted by Gasteiger charge is 2.07. The van der Waals surface area contributed by atoms with Crippen LogP contribution in [0.1, 0.15) is 10.4 Å². The third kappa shape index (κ3) is 3.74. The van der Waals surface area contributed by atoms with Gasteiger partial charge in [0, 0.05) is 10.6 Å². The molecule has 0 saturated heterocycles. The molecule has 1 aromatic rings. The third-order valence-electron chi connectivity index (χ3n) is 1.62. The predicted octanol–water partition coefficient (Wildman–Crippen LogP) is 3.48. The SMILES string of the molecule is C=C(Cl)CNC(=O)c1ccc(Cl)c(Cl)c1. The molecule has 1 aromatic carbocycles. The van der Waals surface area contributed by atoms with Crippen molar-refractivity contribution in [1.82, 2.24) is 5.32 Å². The van der Waals surface area contributed by atoms with Gasteiger partial charge in [-0.1, -0.05) is 41.4 Å². The Kier molecular flexibility index (Phi) is 4.45. The van der Waals surface area contributed by atoms with Crippen LogP contribution < -0.4 is 5.32 Å². The normalized spacial score (nSPS) is 9.80. The second-order valence-corrected chi connectivity index (χ2v) is 4.18. The maximum absolute atomic E-state index is 11.5. The Balaban J connectivity index is 2.74. The van der Waals surface area contributed by atoms with Crippen LogP contribution in [-0.2, 0) is 0 Å². The van der Waals surface area contributed by atoms with Crippen molar-refractivity contribution in [3.8, 4) is 0 Å². The topological polar surface area (TPSA) is 29.1 Å². The lowest BCUT2D eigenvalue weighted by molar-refractivity contribution is 0.0957. The molecule has 1 N–H and O–H groups in total. The van der Waals surface area contributed by atoms with Crippen molar-refractivity contribution in [2.75, 3.05) is 6.54 Å². The fourth-order valence-electron chi connectivity index (χ4n) is 0.916. The maximum Gasteiger partial charge on any atom is 0.251 e. The number of hydrogen-bond acceptors (Lipinski definition) is 1. The van der Waals surface area contributed by atoms with Crippen LogP contribution in [0.5, 0.6) is 0 Å². The summed E-state index contributed by atoms with van der Waals surface area (Å²) in [6, 6.07) is 4.64. The van der Waals surface area contributed by atoms with Gasteiger partial charge < -0.3 is 5.32 Å². The zero-order valence-corrected chi connectivity index (χ0v) is 9.96. The minimum Gasteiger partial charge on any atom is -0.347 e. The second kappa shape index (κ2) is 5.40. The maximum atomic E-state index is 11.5. The molecule has 0 heterocycles. The van der Waals surface area contributed by atoms with E-state index in [-0.39, 0.29) is 12.5 Å². The van der Waals surface area contributed by atoms with Crippen LogP contribution in [0.4, 0.5) is 0 Å². The number of carbonyl (C=O) groups excluding carboxylic acids is 1. The van der Waals surface area contributed by atoms with Crippen LogP contribution in [0.2, 0.25) is 10.0 Å². The Hall–Kier alpha value is -0.700. The van der Waals surface area contributed by atoms with E-state index in [2.05, 4.69) is 11.9 Å². The monoisotopic (exact) mass is 263 g/mol. The molecule has 1 amide bonds. The van der Waals surface area contributed by atoms with Crippen molar-refractivity contribution in [2.24, 2.45) is 0 Å². The van der Waals surface area contributed by atoms with Gasteiger partial charge in [0.15, 0.2) is 0 Å². The van der Waals surface area contributed by atoms with Gasteiger partial charge >= 0.3 is 0 Å². The number of benzene rings is 1. The van der Waals surface area contributed by atoms with Crippen molar-refractivity contribution in [3.05, 3.63) is 45.4 Å². The van der Waals surface area contributed by atoms with Gasteiger partial charge in [0.05, 0.1) is 16.6 Å². The highest BCUT2D eigenvalue weighted by Crippen LogP contribution is 2.22. The van der Waals surface area contributed by atoms with E-state index in [1.165, 1.54) is 6.07 Å². The van der Waals surface area contributed by atoms with Crippen molar-refractivity contribution >= 4 is 40.7 Å². The van der Waals surface area contributed by atoms with Crippen molar-refractivity contribution < 1.29 is 4.79 Å². The highest BCUT2D eigenvalue weighted by atomic mass is 35.5. The third-order valence-corrected chi connectivity index (χ3v) is 2.50. The molecule has 0 bridgehead atoms. The number of amides is 1. The van der Waals surface area contributed by atoms with Crippen molar-refractivity contribution in [3.63, 3.8) is 0 Å². The molecule has 0 atom stereocenters. The molecule has 80 valence electrons. The Morgan fingerprint density at radius 1 is 1.33 bits per heavy atom. The van der Waals surface area contributed by atoms with Crippen molar-refractivity contribution in [2.45, 2.75) is 0 Å². The van der Waals surface area contributed by atoms with Gasteiger partial charge in [0.2, 0.25) is 0 Å². The summed E-state index contributed by atoms with van der Waals surface area (Å²) in [5.41, 5.74) is 0.433. The molecule has 0 aliphatic rings. The molecule has 0 spiro atoms. The first kappa shape index (κ1) is 12.4. The first-order chi connectivity index (χ1) is 7.00. The van der Waals surface area contributed by atoms with E-state index in [0.29, 0.717) is 20.6 Å². The Labute approximate surface area is 103 Å². The fraction of sp³-hybridized carbons (Fsp3) is 0.100. The minimum atomic E-state index is -0.268. The van der Waals surface area contributed by atoms with Crippen LogP contribution in [0, 0.1) is 0 Å². The number of rotatable bonds is 3. The number of hydrogen-bond donors (Lipinski definition) is 1. The molecule has 0 aliphatic carbocycles. The Morgan fingerprint density at radius 3 is 2.53 bits per heavy atom. The van der Waals surface area contributed by atoms with Crippen LogP contribution in [0.3, 0.4) is 0 Å². The van der Waals surface area contributed by atoms with Gasteiger partial charge in [-0.25, -0.2) is 0 Å². The standard InChI is InChI=1S/C10H8Cl3NO/c1-6(11)5-14-10(15)7-2-3-8(12)9(13)4-7/h2-4H,1,5H2,(H,14,15). The molecule has 0 radical (unpaired) electrons. The van der Waals surface area contributed by atoms with E-state index in [1.807, 2.05) is 0 Å². The average molecular weight is 265 g/mol. The molecule has 0 aliphatic heterocycles. The summed E-state index contributed by atoms with van der Waals surface area (Å²) in [5, 5.41) is 3.69. The minimum absolute atomic E-state index is 0.223. The lowest BCUT2D eigenvalue weighted by Crippen LogP contribution is -2.24. The molecule has 5 heteroatoms. The van der Waals surface area contributed by atoms with Crippen LogP contribution in [0.15, 0.2) is 29.8 Å². The number of carbonyl (C=O) groups is 1. The predicted molar refractivity (Wildman–Crippen MR) is 63.8 cm³/mol. The average Bonchev–Trinajstić information content (AvgIpc) is 2.18. The molecular weight excluding hydrogens is 256 g/mol. The van der Waals surface area contributed by atoms with Crippen LogP contribution in [-0.4, -0.2) is 12.5 Å². The van der Waals surface area contributed by atoms with E-state index in [4.69, 9.17) is 34.8 Å². The number of halogens is 3.